The fourth-order valence-corrected chi connectivity index (χ4v) is 2.49. The van der Waals surface area contributed by atoms with E-state index in [0.29, 0.717) is 27.8 Å². The van der Waals surface area contributed by atoms with Crippen LogP contribution >= 0.6 is 11.6 Å². The van der Waals surface area contributed by atoms with Crippen molar-refractivity contribution in [3.8, 4) is 5.69 Å². The van der Waals surface area contributed by atoms with Crippen LogP contribution in [0.4, 0.5) is 5.69 Å². The number of rotatable bonds is 5. The Morgan fingerprint density at radius 2 is 1.77 bits per heavy atom. The number of benzene rings is 2. The number of nitrogens with one attached hydrogen (secondary N) is 1. The number of aromatic nitrogens is 3. The zero-order chi connectivity index (χ0) is 18.5. The molecule has 3 aromatic rings. The van der Waals surface area contributed by atoms with Gasteiger partial charge in [-0.1, -0.05) is 47.1 Å². The van der Waals surface area contributed by atoms with Crippen LogP contribution in [-0.4, -0.2) is 31.6 Å². The topological polar surface area (TPSA) is 87.7 Å². The molecule has 0 saturated heterocycles. The van der Waals surface area contributed by atoms with Gasteiger partial charge in [0.1, 0.15) is 5.69 Å². The van der Waals surface area contributed by atoms with Crippen LogP contribution in [0, 0.1) is 6.92 Å². The third-order valence-corrected chi connectivity index (χ3v) is 3.98. The molecule has 132 valence electrons. The molecule has 2 N–H and O–H groups in total. The van der Waals surface area contributed by atoms with E-state index in [4.69, 9.17) is 11.6 Å². The largest absolute Gasteiger partial charge is 0.410 e. The summed E-state index contributed by atoms with van der Waals surface area (Å²) in [7, 11) is 0. The first kappa shape index (κ1) is 17.6. The Morgan fingerprint density at radius 3 is 2.46 bits per heavy atom. The number of para-hydroxylation sites is 2. The van der Waals surface area contributed by atoms with Crippen LogP contribution in [0.5, 0.6) is 0 Å². The van der Waals surface area contributed by atoms with Crippen LogP contribution in [0.1, 0.15) is 18.3 Å². The molecule has 8 heteroatoms. The number of hydrazone groups is 1. The number of halogens is 1. The second-order valence-corrected chi connectivity index (χ2v) is 5.90. The van der Waals surface area contributed by atoms with Crippen molar-refractivity contribution < 1.29 is 5.21 Å². The fraction of sp³-hybridized carbons (Fsp3) is 0.111. The van der Waals surface area contributed by atoms with Crippen molar-refractivity contribution in [2.75, 3.05) is 5.43 Å². The Morgan fingerprint density at radius 1 is 1.08 bits per heavy atom. The summed E-state index contributed by atoms with van der Waals surface area (Å²) in [6.07, 6.45) is 0. The molecule has 0 atom stereocenters. The van der Waals surface area contributed by atoms with Gasteiger partial charge >= 0.3 is 0 Å². The van der Waals surface area contributed by atoms with E-state index in [-0.39, 0.29) is 5.71 Å². The average molecular weight is 369 g/mol. The molecule has 0 aliphatic heterocycles. The molecule has 1 heterocycles. The summed E-state index contributed by atoms with van der Waals surface area (Å²) in [6, 6.07) is 16.7. The lowest BCUT2D eigenvalue weighted by Gasteiger charge is -2.05. The highest BCUT2D eigenvalue weighted by molar-refractivity contribution is 6.47. The molecule has 0 bridgehead atoms. The summed E-state index contributed by atoms with van der Waals surface area (Å²) in [5, 5.41) is 26.4. The molecule has 1 aromatic heterocycles. The maximum atomic E-state index is 9.48. The van der Waals surface area contributed by atoms with Gasteiger partial charge in [-0.2, -0.15) is 15.0 Å². The van der Waals surface area contributed by atoms with Gasteiger partial charge in [0.25, 0.3) is 0 Å². The lowest BCUT2D eigenvalue weighted by molar-refractivity contribution is 0.320. The number of nitrogens with zero attached hydrogens (tertiary/aromatic N) is 5. The first-order valence-corrected chi connectivity index (χ1v) is 8.25. The third-order valence-electron chi connectivity index (χ3n) is 3.65. The Hall–Kier alpha value is -3.19. The van der Waals surface area contributed by atoms with Crippen LogP contribution in [0.15, 0.2) is 64.9 Å². The monoisotopic (exact) mass is 368 g/mol. The second kappa shape index (κ2) is 7.79. The quantitative estimate of drug-likeness (QED) is 0.406. The van der Waals surface area contributed by atoms with Crippen molar-refractivity contribution in [1.29, 1.82) is 0 Å². The van der Waals surface area contributed by atoms with E-state index >= 15 is 0 Å². The molecule has 0 unspecified atom stereocenters. The number of oxime groups is 1. The lowest BCUT2D eigenvalue weighted by Crippen LogP contribution is -2.16. The van der Waals surface area contributed by atoms with Crippen molar-refractivity contribution >= 4 is 28.7 Å². The van der Waals surface area contributed by atoms with Gasteiger partial charge in [-0.15, -0.1) is 5.10 Å². The molecule has 26 heavy (non-hydrogen) atoms. The Labute approximate surface area is 155 Å². The molecule has 0 fully saturated rings. The Balaban J connectivity index is 1.88. The van der Waals surface area contributed by atoms with E-state index < -0.39 is 0 Å². The predicted octanol–water partition coefficient (Wildman–Crippen LogP) is 3.90. The Kier molecular flexibility index (Phi) is 5.28. The minimum atomic E-state index is 0.226. The lowest BCUT2D eigenvalue weighted by atomic mass is 10.1. The molecule has 0 aliphatic carbocycles. The van der Waals surface area contributed by atoms with Gasteiger partial charge in [-0.05, 0) is 38.1 Å². The van der Waals surface area contributed by atoms with Gasteiger partial charge in [-0.3, -0.25) is 5.43 Å². The first-order valence-electron chi connectivity index (χ1n) is 7.87. The van der Waals surface area contributed by atoms with E-state index in [9.17, 15) is 5.21 Å². The minimum absolute atomic E-state index is 0.226. The first-order chi connectivity index (χ1) is 12.6. The van der Waals surface area contributed by atoms with Gasteiger partial charge in [0.15, 0.2) is 5.71 Å². The molecule has 3 rings (SSSR count). The van der Waals surface area contributed by atoms with Gasteiger partial charge < -0.3 is 5.21 Å². The van der Waals surface area contributed by atoms with Crippen LogP contribution in [0.25, 0.3) is 5.69 Å². The number of hydrogen-bond acceptors (Lipinski definition) is 6. The maximum absolute atomic E-state index is 9.48. The molecule has 2 aromatic carbocycles. The SMILES string of the molecule is CC(=N\Nc1ccccc1Cl)/C(=N\O)c1nn(-c2ccccc2)nc1C. The van der Waals surface area contributed by atoms with Crippen LogP contribution < -0.4 is 5.43 Å². The number of hydrogen-bond donors (Lipinski definition) is 2. The standard InChI is InChI=1S/C18H17ClN6O/c1-12(20-21-16-11-7-6-10-15(16)19)18(24-26)17-13(2)22-25(23-17)14-8-4-3-5-9-14/h3-11,21,26H,1-2H3/b20-12+,24-18+. The van der Waals surface area contributed by atoms with Crippen LogP contribution in [0.2, 0.25) is 5.02 Å². The van der Waals surface area contributed by atoms with Gasteiger partial charge in [0, 0.05) is 0 Å². The molecule has 0 spiro atoms. The molecule has 0 radical (unpaired) electrons. The van der Waals surface area contributed by atoms with E-state index in [0.717, 1.165) is 5.69 Å². The summed E-state index contributed by atoms with van der Waals surface area (Å²) in [4.78, 5) is 1.49. The summed E-state index contributed by atoms with van der Waals surface area (Å²) >= 11 is 6.10. The molecule has 0 saturated carbocycles. The number of aryl methyl sites for hydroxylation is 1. The zero-order valence-corrected chi connectivity index (χ0v) is 15.0. The van der Waals surface area contributed by atoms with Crippen molar-refractivity contribution in [3.63, 3.8) is 0 Å². The second-order valence-electron chi connectivity index (χ2n) is 5.50. The summed E-state index contributed by atoms with van der Waals surface area (Å²) in [5.74, 6) is 0. The van der Waals surface area contributed by atoms with Gasteiger partial charge in [0.2, 0.25) is 0 Å². The normalized spacial score (nSPS) is 12.3. The highest BCUT2D eigenvalue weighted by Gasteiger charge is 2.18. The average Bonchev–Trinajstić information content (AvgIpc) is 3.04. The van der Waals surface area contributed by atoms with E-state index in [1.165, 1.54) is 4.80 Å². The highest BCUT2D eigenvalue weighted by atomic mass is 35.5. The Bertz CT molecular complexity index is 965. The van der Waals surface area contributed by atoms with E-state index in [2.05, 4.69) is 25.9 Å². The molecule has 0 amide bonds. The maximum Gasteiger partial charge on any atom is 0.155 e. The molecule has 0 aliphatic rings. The van der Waals surface area contributed by atoms with Crippen molar-refractivity contribution in [3.05, 3.63) is 71.0 Å². The van der Waals surface area contributed by atoms with Crippen molar-refractivity contribution in [1.82, 2.24) is 15.0 Å². The van der Waals surface area contributed by atoms with Crippen LogP contribution in [-0.2, 0) is 0 Å². The molecular weight excluding hydrogens is 352 g/mol. The molecular formula is C18H17ClN6O. The summed E-state index contributed by atoms with van der Waals surface area (Å²) < 4.78 is 0. The summed E-state index contributed by atoms with van der Waals surface area (Å²) in [5.41, 5.74) is 6.05. The smallest absolute Gasteiger partial charge is 0.155 e. The number of anilines is 1. The minimum Gasteiger partial charge on any atom is -0.410 e. The van der Waals surface area contributed by atoms with E-state index in [1.807, 2.05) is 42.5 Å². The van der Waals surface area contributed by atoms with Gasteiger partial charge in [0.05, 0.1) is 27.8 Å². The zero-order valence-electron chi connectivity index (χ0n) is 14.3. The highest BCUT2D eigenvalue weighted by Crippen LogP contribution is 2.20. The third kappa shape index (κ3) is 3.73. The fourth-order valence-electron chi connectivity index (χ4n) is 2.31. The van der Waals surface area contributed by atoms with E-state index in [1.54, 1.807) is 26.0 Å². The predicted molar refractivity (Wildman–Crippen MR) is 103 cm³/mol. The van der Waals surface area contributed by atoms with Crippen LogP contribution in [0.3, 0.4) is 0 Å². The van der Waals surface area contributed by atoms with Crippen molar-refractivity contribution in [2.24, 2.45) is 10.3 Å². The van der Waals surface area contributed by atoms with Gasteiger partial charge in [-0.25, -0.2) is 0 Å². The molecule has 7 nitrogen and oxygen atoms in total. The summed E-state index contributed by atoms with van der Waals surface area (Å²) in [6.45, 7) is 3.50. The van der Waals surface area contributed by atoms with Crippen molar-refractivity contribution in [2.45, 2.75) is 13.8 Å².